The number of benzene rings is 2. The Bertz CT molecular complexity index is 957. The number of carbonyl (C=O) groups is 1. The van der Waals surface area contributed by atoms with Crippen LogP contribution >= 0.6 is 11.6 Å². The molecule has 0 unspecified atom stereocenters. The van der Waals surface area contributed by atoms with Crippen molar-refractivity contribution in [2.45, 2.75) is 40.3 Å². The largest absolute Gasteiger partial charge is 0.481 e. The lowest BCUT2D eigenvalue weighted by molar-refractivity contribution is -0.122. The summed E-state index contributed by atoms with van der Waals surface area (Å²) in [6, 6.07) is 13.7. The fourth-order valence-electron chi connectivity index (χ4n) is 2.89. The summed E-state index contributed by atoms with van der Waals surface area (Å²) in [6.07, 6.45) is 1.00. The maximum absolute atomic E-state index is 12.6. The number of halogens is 1. The topological polar surface area (TPSA) is 56.2 Å². The zero-order chi connectivity index (χ0) is 20.3. The first-order valence-electron chi connectivity index (χ1n) is 9.15. The number of hydrogen-bond donors (Lipinski definition) is 1. The third-order valence-electron chi connectivity index (χ3n) is 4.51. The first kappa shape index (κ1) is 20.0. The molecule has 1 N–H and O–H groups in total. The van der Waals surface area contributed by atoms with E-state index in [2.05, 4.69) is 41.6 Å². The predicted molar refractivity (Wildman–Crippen MR) is 112 cm³/mol. The maximum Gasteiger partial charge on any atom is 0.266 e. The van der Waals surface area contributed by atoms with Crippen molar-refractivity contribution in [3.8, 4) is 5.75 Å². The van der Waals surface area contributed by atoms with Gasteiger partial charge < -0.3 is 10.1 Å². The highest BCUT2D eigenvalue weighted by Crippen LogP contribution is 2.26. The van der Waals surface area contributed by atoms with E-state index in [0.717, 1.165) is 16.7 Å². The minimum Gasteiger partial charge on any atom is -0.481 e. The van der Waals surface area contributed by atoms with E-state index in [1.807, 2.05) is 26.0 Å². The molecule has 0 aliphatic rings. The Labute approximate surface area is 170 Å². The van der Waals surface area contributed by atoms with E-state index in [4.69, 9.17) is 16.3 Å². The van der Waals surface area contributed by atoms with Gasteiger partial charge in [-0.25, -0.2) is 4.68 Å². The number of aromatic nitrogens is 2. The van der Waals surface area contributed by atoms with Gasteiger partial charge in [-0.15, -0.1) is 0 Å². The number of hydrogen-bond acceptors (Lipinski definition) is 3. The molecule has 0 bridgehead atoms. The van der Waals surface area contributed by atoms with Crippen LogP contribution in [0.15, 0.2) is 48.7 Å². The molecule has 0 saturated heterocycles. The number of aryl methyl sites for hydroxylation is 3. The lowest BCUT2D eigenvalue weighted by Gasteiger charge is -2.17. The Kier molecular flexibility index (Phi) is 6.05. The summed E-state index contributed by atoms with van der Waals surface area (Å²) < 4.78 is 7.57. The van der Waals surface area contributed by atoms with Crippen LogP contribution in [0.3, 0.4) is 0 Å². The number of nitrogens with one attached hydrogen (secondary N) is 1. The van der Waals surface area contributed by atoms with Crippen LogP contribution in [-0.4, -0.2) is 21.8 Å². The first-order valence-corrected chi connectivity index (χ1v) is 9.53. The highest BCUT2D eigenvalue weighted by molar-refractivity contribution is 6.32. The van der Waals surface area contributed by atoms with Gasteiger partial charge in [-0.1, -0.05) is 41.4 Å². The quantitative estimate of drug-likeness (QED) is 0.642. The fraction of sp³-hybridized carbons (Fsp3) is 0.273. The van der Waals surface area contributed by atoms with Crippen LogP contribution in [-0.2, 0) is 11.3 Å². The Balaban J connectivity index is 1.66. The van der Waals surface area contributed by atoms with Crippen LogP contribution in [0.5, 0.6) is 5.75 Å². The number of amides is 1. The second-order valence-electron chi connectivity index (χ2n) is 6.98. The van der Waals surface area contributed by atoms with E-state index >= 15 is 0 Å². The minimum absolute atomic E-state index is 0.240. The van der Waals surface area contributed by atoms with Crippen molar-refractivity contribution in [2.24, 2.45) is 0 Å². The van der Waals surface area contributed by atoms with Crippen LogP contribution in [0.25, 0.3) is 0 Å². The third-order valence-corrected chi connectivity index (χ3v) is 5.11. The predicted octanol–water partition coefficient (Wildman–Crippen LogP) is 4.92. The zero-order valence-electron chi connectivity index (χ0n) is 16.5. The molecule has 3 aromatic rings. The lowest BCUT2D eigenvalue weighted by Crippen LogP contribution is -2.31. The average Bonchev–Trinajstić information content (AvgIpc) is 3.08. The molecule has 1 amide bonds. The molecule has 0 aliphatic carbocycles. The van der Waals surface area contributed by atoms with Crippen molar-refractivity contribution in [1.82, 2.24) is 9.78 Å². The summed E-state index contributed by atoms with van der Waals surface area (Å²) in [5.74, 6) is 1.01. The normalized spacial score (nSPS) is 11.9. The molecule has 146 valence electrons. The summed E-state index contributed by atoms with van der Waals surface area (Å²) in [4.78, 5) is 12.6. The van der Waals surface area contributed by atoms with Crippen molar-refractivity contribution in [3.63, 3.8) is 0 Å². The van der Waals surface area contributed by atoms with E-state index in [1.54, 1.807) is 23.9 Å². The Morgan fingerprint density at radius 2 is 1.79 bits per heavy atom. The van der Waals surface area contributed by atoms with Crippen molar-refractivity contribution in [1.29, 1.82) is 0 Å². The fourth-order valence-corrected chi connectivity index (χ4v) is 3.00. The summed E-state index contributed by atoms with van der Waals surface area (Å²) >= 11 is 6.19. The molecule has 0 saturated carbocycles. The minimum atomic E-state index is -0.664. The highest BCUT2D eigenvalue weighted by Gasteiger charge is 2.17. The number of nitrogens with zero attached hydrogens (tertiary/aromatic N) is 2. The van der Waals surface area contributed by atoms with E-state index < -0.39 is 6.10 Å². The van der Waals surface area contributed by atoms with Gasteiger partial charge >= 0.3 is 0 Å². The van der Waals surface area contributed by atoms with Crippen LogP contribution in [0.4, 0.5) is 5.82 Å². The van der Waals surface area contributed by atoms with Gasteiger partial charge in [0.1, 0.15) is 11.6 Å². The van der Waals surface area contributed by atoms with Gasteiger partial charge in [0.15, 0.2) is 6.10 Å². The van der Waals surface area contributed by atoms with E-state index in [0.29, 0.717) is 23.1 Å². The Hall–Kier alpha value is -2.79. The maximum atomic E-state index is 12.6. The molecule has 5 nitrogen and oxygen atoms in total. The van der Waals surface area contributed by atoms with E-state index in [-0.39, 0.29) is 5.91 Å². The van der Waals surface area contributed by atoms with E-state index in [9.17, 15) is 4.79 Å². The summed E-state index contributed by atoms with van der Waals surface area (Å²) in [6.45, 7) is 8.17. The molecule has 6 heteroatoms. The standard InChI is InChI=1S/C22H24ClN3O2/c1-14-5-7-18(8-6-14)13-26-20(9-10-24-26)25-22(27)17(4)28-19-11-15(2)21(23)16(3)12-19/h5-12,17H,13H2,1-4H3,(H,25,27)/t17-/m1/s1. The van der Waals surface area contributed by atoms with Gasteiger partial charge in [-0.2, -0.15) is 5.10 Å². The van der Waals surface area contributed by atoms with Crippen molar-refractivity contribution < 1.29 is 9.53 Å². The van der Waals surface area contributed by atoms with Crippen molar-refractivity contribution in [3.05, 3.63) is 75.9 Å². The highest BCUT2D eigenvalue weighted by atomic mass is 35.5. The van der Waals surface area contributed by atoms with Gasteiger partial charge in [-0.05, 0) is 56.5 Å². The molecule has 0 fully saturated rings. The molecular weight excluding hydrogens is 374 g/mol. The molecule has 0 radical (unpaired) electrons. The Morgan fingerprint density at radius 1 is 1.14 bits per heavy atom. The number of ether oxygens (including phenoxy) is 1. The monoisotopic (exact) mass is 397 g/mol. The molecule has 3 rings (SSSR count). The van der Waals surface area contributed by atoms with E-state index in [1.165, 1.54) is 5.56 Å². The molecule has 1 atom stereocenters. The molecule has 0 aliphatic heterocycles. The molecule has 0 spiro atoms. The summed E-state index contributed by atoms with van der Waals surface area (Å²) in [7, 11) is 0. The molecular formula is C22H24ClN3O2. The third kappa shape index (κ3) is 4.73. The second kappa shape index (κ2) is 8.48. The van der Waals surface area contributed by atoms with Gasteiger partial charge in [0.25, 0.3) is 5.91 Å². The van der Waals surface area contributed by atoms with Crippen LogP contribution < -0.4 is 10.1 Å². The lowest BCUT2D eigenvalue weighted by atomic mass is 10.1. The smallest absolute Gasteiger partial charge is 0.266 e. The van der Waals surface area contributed by atoms with Crippen molar-refractivity contribution >= 4 is 23.3 Å². The molecule has 28 heavy (non-hydrogen) atoms. The molecule has 1 heterocycles. The first-order chi connectivity index (χ1) is 13.3. The Morgan fingerprint density at radius 3 is 2.43 bits per heavy atom. The SMILES string of the molecule is Cc1ccc(Cn2nccc2NC(=O)[C@@H](C)Oc2cc(C)c(Cl)c(C)c2)cc1. The number of anilines is 1. The number of carbonyl (C=O) groups excluding carboxylic acids is 1. The van der Waals surface area contributed by atoms with Crippen molar-refractivity contribution in [2.75, 3.05) is 5.32 Å². The zero-order valence-corrected chi connectivity index (χ0v) is 17.2. The second-order valence-corrected chi connectivity index (χ2v) is 7.36. The van der Waals surface area contributed by atoms with Gasteiger partial charge in [0.2, 0.25) is 0 Å². The van der Waals surface area contributed by atoms with Crippen LogP contribution in [0.1, 0.15) is 29.2 Å². The van der Waals surface area contributed by atoms with Crippen LogP contribution in [0, 0.1) is 20.8 Å². The molecule has 2 aromatic carbocycles. The number of rotatable bonds is 6. The van der Waals surface area contributed by atoms with Gasteiger partial charge in [0, 0.05) is 11.1 Å². The summed E-state index contributed by atoms with van der Waals surface area (Å²) in [5, 5.41) is 7.92. The van der Waals surface area contributed by atoms with Gasteiger partial charge in [0.05, 0.1) is 12.7 Å². The molecule has 1 aromatic heterocycles. The van der Waals surface area contributed by atoms with Crippen LogP contribution in [0.2, 0.25) is 5.02 Å². The average molecular weight is 398 g/mol. The van der Waals surface area contributed by atoms with Gasteiger partial charge in [-0.3, -0.25) is 4.79 Å². The summed E-state index contributed by atoms with van der Waals surface area (Å²) in [5.41, 5.74) is 4.15.